The molecule has 3 nitrogen and oxygen atoms in total. The van der Waals surface area contributed by atoms with Crippen LogP contribution in [0.5, 0.6) is 5.75 Å². The fourth-order valence-electron chi connectivity index (χ4n) is 2.17. The van der Waals surface area contributed by atoms with Gasteiger partial charge in [0, 0.05) is 23.0 Å². The Balaban J connectivity index is 2.15. The molecule has 0 saturated heterocycles. The van der Waals surface area contributed by atoms with Crippen LogP contribution in [0.3, 0.4) is 0 Å². The van der Waals surface area contributed by atoms with Gasteiger partial charge in [-0.1, -0.05) is 0 Å². The minimum atomic E-state index is -0.258. The van der Waals surface area contributed by atoms with Gasteiger partial charge < -0.3 is 10.1 Å². The molecule has 0 radical (unpaired) electrons. The van der Waals surface area contributed by atoms with E-state index in [1.807, 2.05) is 19.2 Å². The van der Waals surface area contributed by atoms with E-state index < -0.39 is 0 Å². The van der Waals surface area contributed by atoms with E-state index in [2.05, 4.69) is 17.2 Å². The molecule has 2 atom stereocenters. The second-order valence-corrected chi connectivity index (χ2v) is 5.85. The summed E-state index contributed by atoms with van der Waals surface area (Å²) >= 11 is 1.63. The van der Waals surface area contributed by atoms with E-state index in [1.165, 1.54) is 12.1 Å². The molecule has 0 fully saturated rings. The van der Waals surface area contributed by atoms with Crippen molar-refractivity contribution in [2.75, 3.05) is 7.11 Å². The van der Waals surface area contributed by atoms with Crippen LogP contribution in [0.1, 0.15) is 42.2 Å². The number of rotatable bonds is 5. The fraction of sp³-hybridized carbons (Fsp3) is 0.400. The van der Waals surface area contributed by atoms with E-state index in [-0.39, 0.29) is 17.9 Å². The van der Waals surface area contributed by atoms with E-state index in [1.54, 1.807) is 24.5 Å². The largest absolute Gasteiger partial charge is 0.496 e. The molecular formula is C15H19FN2OS. The highest BCUT2D eigenvalue weighted by atomic mass is 32.1. The summed E-state index contributed by atoms with van der Waals surface area (Å²) in [5.41, 5.74) is 1.82. The highest BCUT2D eigenvalue weighted by Gasteiger charge is 2.17. The number of halogens is 1. The number of methoxy groups -OCH3 is 1. The molecule has 2 aromatic rings. The fourth-order valence-corrected chi connectivity index (χ4v) is 2.88. The number of hydrogen-bond donors (Lipinski definition) is 1. The molecule has 2 unspecified atom stereocenters. The molecule has 0 saturated carbocycles. The Morgan fingerprint density at radius 2 is 2.05 bits per heavy atom. The molecular weight excluding hydrogens is 275 g/mol. The molecule has 0 spiro atoms. The average molecular weight is 294 g/mol. The van der Waals surface area contributed by atoms with E-state index in [0.717, 1.165) is 16.3 Å². The molecule has 1 heterocycles. The molecule has 1 aromatic heterocycles. The molecule has 0 aliphatic carbocycles. The molecule has 1 N–H and O–H groups in total. The molecule has 5 heteroatoms. The van der Waals surface area contributed by atoms with Gasteiger partial charge in [-0.3, -0.25) is 0 Å². The number of ether oxygens (including phenoxy) is 1. The van der Waals surface area contributed by atoms with Crippen LogP contribution in [0.25, 0.3) is 0 Å². The van der Waals surface area contributed by atoms with Gasteiger partial charge in [0.25, 0.3) is 0 Å². The third kappa shape index (κ3) is 3.35. The van der Waals surface area contributed by atoms with Gasteiger partial charge in [0.05, 0.1) is 17.8 Å². The van der Waals surface area contributed by atoms with Crippen molar-refractivity contribution >= 4 is 11.3 Å². The number of thiazole rings is 1. The minimum Gasteiger partial charge on any atom is -0.496 e. The normalized spacial score (nSPS) is 14.1. The summed E-state index contributed by atoms with van der Waals surface area (Å²) in [6, 6.07) is 4.64. The molecule has 20 heavy (non-hydrogen) atoms. The van der Waals surface area contributed by atoms with Gasteiger partial charge in [-0.15, -0.1) is 11.3 Å². The van der Waals surface area contributed by atoms with Crippen LogP contribution in [0, 0.1) is 12.7 Å². The Hall–Kier alpha value is -1.46. The molecule has 0 aliphatic rings. The topological polar surface area (TPSA) is 34.1 Å². The highest BCUT2D eigenvalue weighted by molar-refractivity contribution is 7.09. The molecule has 0 aliphatic heterocycles. The third-order valence-corrected chi connectivity index (χ3v) is 4.03. The first-order valence-electron chi connectivity index (χ1n) is 6.52. The van der Waals surface area contributed by atoms with E-state index in [4.69, 9.17) is 4.74 Å². The van der Waals surface area contributed by atoms with Crippen molar-refractivity contribution in [1.29, 1.82) is 0 Å². The molecule has 1 aromatic carbocycles. The summed E-state index contributed by atoms with van der Waals surface area (Å²) in [5, 5.41) is 6.52. The number of aromatic nitrogens is 1. The predicted octanol–water partition coefficient (Wildman–Crippen LogP) is 4.01. The zero-order chi connectivity index (χ0) is 14.7. The van der Waals surface area contributed by atoms with Crippen molar-refractivity contribution in [3.05, 3.63) is 45.7 Å². The van der Waals surface area contributed by atoms with Gasteiger partial charge >= 0.3 is 0 Å². The van der Waals surface area contributed by atoms with E-state index in [9.17, 15) is 4.39 Å². The predicted molar refractivity (Wildman–Crippen MR) is 79.8 cm³/mol. The first-order valence-corrected chi connectivity index (χ1v) is 7.40. The Morgan fingerprint density at radius 3 is 2.65 bits per heavy atom. The average Bonchev–Trinajstić information content (AvgIpc) is 2.85. The van der Waals surface area contributed by atoms with Crippen LogP contribution in [-0.4, -0.2) is 12.1 Å². The molecule has 108 valence electrons. The van der Waals surface area contributed by atoms with Crippen molar-refractivity contribution in [3.63, 3.8) is 0 Å². The highest BCUT2D eigenvalue weighted by Crippen LogP contribution is 2.28. The first kappa shape index (κ1) is 14.9. The van der Waals surface area contributed by atoms with Crippen LogP contribution >= 0.6 is 11.3 Å². The summed E-state index contributed by atoms with van der Waals surface area (Å²) in [7, 11) is 1.59. The Morgan fingerprint density at radius 1 is 1.30 bits per heavy atom. The second-order valence-electron chi connectivity index (χ2n) is 4.79. The lowest BCUT2D eigenvalue weighted by atomic mass is 10.1. The van der Waals surface area contributed by atoms with Crippen molar-refractivity contribution in [2.45, 2.75) is 32.9 Å². The number of benzene rings is 1. The lowest BCUT2D eigenvalue weighted by molar-refractivity contribution is 0.394. The van der Waals surface area contributed by atoms with Crippen molar-refractivity contribution < 1.29 is 9.13 Å². The summed E-state index contributed by atoms with van der Waals surface area (Å²) in [4.78, 5) is 4.47. The SMILES string of the molecule is COc1ccc(F)cc1C(C)NC(C)c1csc(C)n1. The van der Waals surface area contributed by atoms with Gasteiger partial charge in [0.15, 0.2) is 0 Å². The van der Waals surface area contributed by atoms with Crippen LogP contribution in [0.4, 0.5) is 4.39 Å². The maximum Gasteiger partial charge on any atom is 0.123 e. The van der Waals surface area contributed by atoms with Gasteiger partial charge in [-0.2, -0.15) is 0 Å². The van der Waals surface area contributed by atoms with E-state index >= 15 is 0 Å². The maximum atomic E-state index is 13.4. The van der Waals surface area contributed by atoms with Crippen LogP contribution < -0.4 is 10.1 Å². The number of aryl methyl sites for hydroxylation is 1. The standard InChI is InChI=1S/C15H19FN2OS/c1-9(13-7-12(16)5-6-15(13)19-4)17-10(2)14-8-20-11(3)18-14/h5-10,17H,1-4H3. The number of nitrogens with one attached hydrogen (secondary N) is 1. The molecule has 2 rings (SSSR count). The second kappa shape index (κ2) is 6.33. The number of nitrogens with zero attached hydrogens (tertiary/aromatic N) is 1. The van der Waals surface area contributed by atoms with E-state index in [0.29, 0.717) is 5.75 Å². The number of hydrogen-bond acceptors (Lipinski definition) is 4. The smallest absolute Gasteiger partial charge is 0.123 e. The quantitative estimate of drug-likeness (QED) is 0.904. The zero-order valence-corrected chi connectivity index (χ0v) is 12.9. The van der Waals surface area contributed by atoms with Crippen LogP contribution in [0.15, 0.2) is 23.6 Å². The van der Waals surface area contributed by atoms with Gasteiger partial charge in [0.1, 0.15) is 11.6 Å². The Bertz CT molecular complexity index is 585. The van der Waals surface area contributed by atoms with Crippen molar-refractivity contribution in [2.24, 2.45) is 0 Å². The van der Waals surface area contributed by atoms with Crippen molar-refractivity contribution in [1.82, 2.24) is 10.3 Å². The maximum absolute atomic E-state index is 13.4. The summed E-state index contributed by atoms with van der Waals surface area (Å²) in [6.07, 6.45) is 0. The van der Waals surface area contributed by atoms with Crippen LogP contribution in [-0.2, 0) is 0 Å². The Labute approximate surface area is 122 Å². The lowest BCUT2D eigenvalue weighted by Gasteiger charge is -2.21. The van der Waals surface area contributed by atoms with Gasteiger partial charge in [-0.25, -0.2) is 9.37 Å². The first-order chi connectivity index (χ1) is 9.51. The van der Waals surface area contributed by atoms with Gasteiger partial charge in [0.2, 0.25) is 0 Å². The monoisotopic (exact) mass is 294 g/mol. The Kier molecular flexibility index (Phi) is 4.73. The molecule has 0 bridgehead atoms. The molecule has 0 amide bonds. The summed E-state index contributed by atoms with van der Waals surface area (Å²) in [5.74, 6) is 0.430. The van der Waals surface area contributed by atoms with Crippen LogP contribution in [0.2, 0.25) is 0 Å². The lowest BCUT2D eigenvalue weighted by Crippen LogP contribution is -2.23. The minimum absolute atomic E-state index is 0.0299. The van der Waals surface area contributed by atoms with Gasteiger partial charge in [-0.05, 0) is 39.0 Å². The summed E-state index contributed by atoms with van der Waals surface area (Å²) in [6.45, 7) is 6.03. The third-order valence-electron chi connectivity index (χ3n) is 3.24. The zero-order valence-electron chi connectivity index (χ0n) is 12.1. The van der Waals surface area contributed by atoms with Crippen molar-refractivity contribution in [3.8, 4) is 5.75 Å². The summed E-state index contributed by atoms with van der Waals surface area (Å²) < 4.78 is 18.7.